The highest BCUT2D eigenvalue weighted by molar-refractivity contribution is 8.00. The third-order valence-electron chi connectivity index (χ3n) is 4.19. The monoisotopic (exact) mass is 446 g/mol. The van der Waals surface area contributed by atoms with Crippen molar-refractivity contribution < 1.29 is 23.1 Å². The van der Waals surface area contributed by atoms with E-state index in [1.54, 1.807) is 0 Å². The number of nitrogens with one attached hydrogen (secondary N) is 2. The fourth-order valence-electron chi connectivity index (χ4n) is 2.56. The molecule has 0 heterocycles. The Morgan fingerprint density at radius 1 is 1.43 bits per heavy atom. The average Bonchev–Trinajstić information content (AvgIpc) is 3.47. The average molecular weight is 447 g/mol. The van der Waals surface area contributed by atoms with Crippen molar-refractivity contribution in [2.75, 3.05) is 32.8 Å². The number of Topliss-reactive ketones (excluding diaryl/α,β-unsaturated/α-hetero) is 1. The van der Waals surface area contributed by atoms with Gasteiger partial charge in [0.15, 0.2) is 15.7 Å². The van der Waals surface area contributed by atoms with E-state index in [-0.39, 0.29) is 37.6 Å². The van der Waals surface area contributed by atoms with Gasteiger partial charge in [-0.3, -0.25) is 4.79 Å². The number of ketones is 1. The van der Waals surface area contributed by atoms with Crippen LogP contribution in [-0.4, -0.2) is 57.8 Å². The van der Waals surface area contributed by atoms with Gasteiger partial charge in [-0.25, -0.2) is 8.42 Å². The van der Waals surface area contributed by atoms with Crippen molar-refractivity contribution in [3.05, 3.63) is 34.2 Å². The molecule has 28 heavy (non-hydrogen) atoms. The summed E-state index contributed by atoms with van der Waals surface area (Å²) < 4.78 is 29.3. The van der Waals surface area contributed by atoms with E-state index in [1.165, 1.54) is 38.1 Å². The van der Waals surface area contributed by atoms with Crippen molar-refractivity contribution in [1.82, 2.24) is 5.32 Å². The number of aliphatic hydroxyl groups excluding tert-OH is 1. The number of hydrogen-bond donors (Lipinski definition) is 3. The summed E-state index contributed by atoms with van der Waals surface area (Å²) in [4.78, 5) is 13.4. The lowest BCUT2D eigenvalue weighted by molar-refractivity contribution is 0.103. The van der Waals surface area contributed by atoms with E-state index < -0.39 is 21.5 Å². The molecule has 1 aliphatic carbocycles. The molecule has 0 aliphatic heterocycles. The molecule has 1 fully saturated rings. The van der Waals surface area contributed by atoms with Crippen LogP contribution in [0.5, 0.6) is 0 Å². The standard InChI is InChI=1S/C18H23ClN2O5S2/c1-21-18(23)13(15(20)10-4-5-10)16(22)11-6-7-12(28(3,24)25)17(14(11)19)27-9-8-26-2/h6-7,10,20-21,23H,4-5,8-9H2,1-3H3/b18-13-,20-15?. The number of rotatable bonds is 10. The van der Waals surface area contributed by atoms with E-state index in [9.17, 15) is 18.3 Å². The Bertz CT molecular complexity index is 924. The molecule has 7 nitrogen and oxygen atoms in total. The van der Waals surface area contributed by atoms with Gasteiger partial charge in [0.1, 0.15) is 5.57 Å². The normalized spacial score (nSPS) is 15.1. The number of carbonyl (C=O) groups excluding carboxylic acids is 1. The fraction of sp³-hybridized carbons (Fsp3) is 0.444. The summed E-state index contributed by atoms with van der Waals surface area (Å²) in [5.41, 5.74) is -0.0586. The minimum Gasteiger partial charge on any atom is -0.494 e. The van der Waals surface area contributed by atoms with Crippen LogP contribution < -0.4 is 5.32 Å². The quantitative estimate of drug-likeness (QED) is 0.126. The van der Waals surface area contributed by atoms with Crippen LogP contribution in [0, 0.1) is 11.3 Å². The number of hydrogen-bond acceptors (Lipinski definition) is 8. The van der Waals surface area contributed by atoms with Gasteiger partial charge in [0.25, 0.3) is 0 Å². The molecule has 2 rings (SSSR count). The largest absolute Gasteiger partial charge is 0.494 e. The minimum absolute atomic E-state index is 0.0148. The van der Waals surface area contributed by atoms with Gasteiger partial charge in [0.05, 0.1) is 22.2 Å². The zero-order valence-corrected chi connectivity index (χ0v) is 18.2. The van der Waals surface area contributed by atoms with Gasteiger partial charge < -0.3 is 20.6 Å². The SMILES string of the molecule is CN/C(O)=C(\C(=N)C1CC1)C(=O)c1ccc(S(C)(=O)=O)c(SCCOC)c1Cl. The molecule has 0 bridgehead atoms. The third-order valence-corrected chi connectivity index (χ3v) is 7.05. The van der Waals surface area contributed by atoms with Gasteiger partial charge in [-0.15, -0.1) is 11.8 Å². The lowest BCUT2D eigenvalue weighted by Crippen LogP contribution is -2.22. The molecule has 3 N–H and O–H groups in total. The van der Waals surface area contributed by atoms with Crippen LogP contribution in [0.1, 0.15) is 23.2 Å². The lowest BCUT2D eigenvalue weighted by atomic mass is 9.97. The Hall–Kier alpha value is -1.55. The van der Waals surface area contributed by atoms with E-state index >= 15 is 0 Å². The van der Waals surface area contributed by atoms with Crippen LogP contribution in [0.15, 0.2) is 33.4 Å². The lowest BCUT2D eigenvalue weighted by Gasteiger charge is -2.15. The Kier molecular flexibility index (Phi) is 7.55. The van der Waals surface area contributed by atoms with Crippen LogP contribution in [0.3, 0.4) is 0 Å². The predicted octanol–water partition coefficient (Wildman–Crippen LogP) is 3.08. The number of methoxy groups -OCH3 is 1. The second-order valence-corrected chi connectivity index (χ2v) is 9.83. The number of ether oxygens (including phenoxy) is 1. The molecule has 0 spiro atoms. The topological polar surface area (TPSA) is 117 Å². The summed E-state index contributed by atoms with van der Waals surface area (Å²) in [5, 5.41) is 20.9. The van der Waals surface area contributed by atoms with Crippen LogP contribution in [-0.2, 0) is 14.6 Å². The number of allylic oxidation sites excluding steroid dienone is 1. The first-order chi connectivity index (χ1) is 13.1. The number of halogens is 1. The molecule has 10 heteroatoms. The maximum Gasteiger partial charge on any atom is 0.201 e. The van der Waals surface area contributed by atoms with E-state index in [2.05, 4.69) is 5.32 Å². The molecule has 0 radical (unpaired) electrons. The second kappa shape index (κ2) is 9.30. The highest BCUT2D eigenvalue weighted by Gasteiger charge is 2.35. The predicted molar refractivity (Wildman–Crippen MR) is 111 cm³/mol. The van der Waals surface area contributed by atoms with Gasteiger partial charge in [0.2, 0.25) is 5.78 Å². The Morgan fingerprint density at radius 2 is 2.07 bits per heavy atom. The van der Waals surface area contributed by atoms with Crippen molar-refractivity contribution in [3.63, 3.8) is 0 Å². The smallest absolute Gasteiger partial charge is 0.201 e. The maximum atomic E-state index is 13.1. The van der Waals surface area contributed by atoms with Crippen LogP contribution in [0.4, 0.5) is 0 Å². The summed E-state index contributed by atoms with van der Waals surface area (Å²) in [5.74, 6) is -0.654. The zero-order valence-electron chi connectivity index (χ0n) is 15.8. The summed E-state index contributed by atoms with van der Waals surface area (Å²) in [7, 11) is -0.594. The molecule has 0 unspecified atom stereocenters. The molecule has 1 saturated carbocycles. The van der Waals surface area contributed by atoms with E-state index in [4.69, 9.17) is 21.7 Å². The number of aliphatic hydroxyl groups is 1. The van der Waals surface area contributed by atoms with Crippen molar-refractivity contribution in [3.8, 4) is 0 Å². The minimum atomic E-state index is -3.57. The van der Waals surface area contributed by atoms with Crippen molar-refractivity contribution in [2.24, 2.45) is 5.92 Å². The second-order valence-electron chi connectivity index (χ2n) is 6.36. The molecule has 0 aromatic heterocycles. The number of benzene rings is 1. The molecule has 1 aromatic carbocycles. The van der Waals surface area contributed by atoms with Crippen molar-refractivity contribution in [2.45, 2.75) is 22.6 Å². The molecule has 1 aliphatic rings. The Morgan fingerprint density at radius 3 is 2.57 bits per heavy atom. The Balaban J connectivity index is 2.56. The highest BCUT2D eigenvalue weighted by atomic mass is 35.5. The van der Waals surface area contributed by atoms with E-state index in [0.29, 0.717) is 12.4 Å². The molecule has 0 atom stereocenters. The Labute approximate surface area is 173 Å². The van der Waals surface area contributed by atoms with Gasteiger partial charge in [0, 0.05) is 42.5 Å². The summed E-state index contributed by atoms with van der Waals surface area (Å²) in [6, 6.07) is 2.66. The maximum absolute atomic E-state index is 13.1. The van der Waals surface area contributed by atoms with Gasteiger partial charge in [-0.05, 0) is 25.0 Å². The molecular formula is C18H23ClN2O5S2. The summed E-state index contributed by atoms with van der Waals surface area (Å²) in [6.07, 6.45) is 2.64. The van der Waals surface area contributed by atoms with Crippen molar-refractivity contribution >= 4 is 44.7 Å². The molecular weight excluding hydrogens is 424 g/mol. The van der Waals surface area contributed by atoms with Crippen LogP contribution >= 0.6 is 23.4 Å². The van der Waals surface area contributed by atoms with Gasteiger partial charge in [-0.1, -0.05) is 11.6 Å². The number of carbonyl (C=O) groups is 1. The number of sulfone groups is 1. The summed E-state index contributed by atoms with van der Waals surface area (Å²) >= 11 is 7.62. The van der Waals surface area contributed by atoms with E-state index in [0.717, 1.165) is 19.1 Å². The molecule has 0 saturated heterocycles. The molecule has 1 aromatic rings. The number of thioether (sulfide) groups is 1. The molecule has 0 amide bonds. The molecule has 154 valence electrons. The van der Waals surface area contributed by atoms with Crippen LogP contribution in [0.25, 0.3) is 0 Å². The van der Waals surface area contributed by atoms with E-state index in [1.807, 2.05) is 0 Å². The first kappa shape index (κ1) is 22.7. The van der Waals surface area contributed by atoms with Crippen LogP contribution in [0.2, 0.25) is 5.02 Å². The third kappa shape index (κ3) is 5.08. The zero-order chi connectivity index (χ0) is 21.1. The van der Waals surface area contributed by atoms with Gasteiger partial charge >= 0.3 is 0 Å². The fourth-order valence-corrected chi connectivity index (χ4v) is 5.32. The first-order valence-corrected chi connectivity index (χ1v) is 11.8. The highest BCUT2D eigenvalue weighted by Crippen LogP contribution is 2.39. The summed E-state index contributed by atoms with van der Waals surface area (Å²) in [6.45, 7) is 0.375. The van der Waals surface area contributed by atoms with Crippen molar-refractivity contribution in [1.29, 1.82) is 5.41 Å². The van der Waals surface area contributed by atoms with Gasteiger partial charge in [-0.2, -0.15) is 0 Å². The first-order valence-electron chi connectivity index (χ1n) is 8.52.